The highest BCUT2D eigenvalue weighted by Gasteiger charge is 2.35. The van der Waals surface area contributed by atoms with Crippen LogP contribution in [0.25, 0.3) is 0 Å². The van der Waals surface area contributed by atoms with Crippen LogP contribution >= 0.6 is 0 Å². The van der Waals surface area contributed by atoms with Gasteiger partial charge in [-0.25, -0.2) is 0 Å². The van der Waals surface area contributed by atoms with E-state index in [-0.39, 0.29) is 17.5 Å². The molecular weight excluding hydrogens is 366 g/mol. The Bertz CT molecular complexity index is 553. The Hall–Kier alpha value is -1.34. The maximum absolute atomic E-state index is 12.8. The fraction of sp³-hybridized carbons (Fsp3) is 0.909. The van der Waals surface area contributed by atoms with E-state index in [1.807, 2.05) is 0 Å². The topological polar surface area (TPSA) is 69.2 Å². The fourth-order valence-electron chi connectivity index (χ4n) is 4.92. The zero-order valence-corrected chi connectivity index (χ0v) is 18.7. The van der Waals surface area contributed by atoms with Crippen molar-refractivity contribution >= 4 is 11.9 Å². The lowest BCUT2D eigenvalue weighted by Gasteiger charge is -2.41. The van der Waals surface area contributed by atoms with Crippen LogP contribution in [0, 0.1) is 5.92 Å². The summed E-state index contributed by atoms with van der Waals surface area (Å²) in [6.45, 7) is 6.97. The molecule has 0 bridgehead atoms. The van der Waals surface area contributed by atoms with Gasteiger partial charge < -0.3 is 25.2 Å². The molecule has 0 spiro atoms. The molecule has 7 heteroatoms. The summed E-state index contributed by atoms with van der Waals surface area (Å²) in [6.07, 6.45) is 8.88. The average molecular weight is 408 g/mol. The molecule has 3 fully saturated rings. The molecule has 1 unspecified atom stereocenters. The van der Waals surface area contributed by atoms with Crippen LogP contribution in [0.5, 0.6) is 0 Å². The smallest absolute Gasteiger partial charge is 0.225 e. The van der Waals surface area contributed by atoms with Gasteiger partial charge >= 0.3 is 0 Å². The molecule has 0 aromatic carbocycles. The summed E-state index contributed by atoms with van der Waals surface area (Å²) in [5.41, 5.74) is 0.0687. The Labute approximate surface area is 176 Å². The predicted molar refractivity (Wildman–Crippen MR) is 117 cm³/mol. The lowest BCUT2D eigenvalue weighted by molar-refractivity contribution is -0.135. The number of likely N-dealkylation sites (N-methyl/N-ethyl adjacent to an activating group) is 1. The minimum absolute atomic E-state index is 0.0687. The first-order valence-electron chi connectivity index (χ1n) is 11.6. The first-order chi connectivity index (χ1) is 14.0. The Kier molecular flexibility index (Phi) is 8.18. The molecule has 0 aromatic rings. The van der Waals surface area contributed by atoms with E-state index in [1.54, 1.807) is 0 Å². The Morgan fingerprint density at radius 1 is 1.17 bits per heavy atom. The van der Waals surface area contributed by atoms with Crippen molar-refractivity contribution in [2.75, 3.05) is 53.5 Å². The summed E-state index contributed by atoms with van der Waals surface area (Å²) in [7, 11) is 4.29. The van der Waals surface area contributed by atoms with Crippen molar-refractivity contribution in [3.05, 3.63) is 0 Å². The van der Waals surface area contributed by atoms with E-state index in [2.05, 4.69) is 41.5 Å². The van der Waals surface area contributed by atoms with Crippen LogP contribution in [0.1, 0.15) is 58.3 Å². The van der Waals surface area contributed by atoms with Gasteiger partial charge in [0.2, 0.25) is 5.91 Å². The van der Waals surface area contributed by atoms with Gasteiger partial charge in [0.25, 0.3) is 0 Å². The van der Waals surface area contributed by atoms with Crippen LogP contribution in [0.4, 0.5) is 0 Å². The molecule has 1 atom stereocenters. The largest absolute Gasteiger partial charge is 0.381 e. The number of ether oxygens (including phenoxy) is 1. The summed E-state index contributed by atoms with van der Waals surface area (Å²) in [4.78, 5) is 22.2. The van der Waals surface area contributed by atoms with Gasteiger partial charge in [0, 0.05) is 50.3 Å². The van der Waals surface area contributed by atoms with Crippen LogP contribution in [-0.4, -0.2) is 86.7 Å². The number of carbonyl (C=O) groups excluding carboxylic acids is 1. The molecule has 2 N–H and O–H groups in total. The van der Waals surface area contributed by atoms with Gasteiger partial charge in [0.1, 0.15) is 0 Å². The number of hydrogen-bond donors (Lipinski definition) is 2. The minimum atomic E-state index is 0.0687. The lowest BCUT2D eigenvalue weighted by Crippen LogP contribution is -2.52. The highest BCUT2D eigenvalue weighted by Crippen LogP contribution is 2.27. The number of nitrogens with one attached hydrogen (secondary N) is 2. The number of aliphatic imine (C=N–C) groups is 1. The third-order valence-electron chi connectivity index (χ3n) is 7.04. The van der Waals surface area contributed by atoms with Crippen LogP contribution in [0.15, 0.2) is 4.99 Å². The van der Waals surface area contributed by atoms with Gasteiger partial charge in [-0.05, 0) is 53.1 Å². The van der Waals surface area contributed by atoms with E-state index < -0.39 is 0 Å². The van der Waals surface area contributed by atoms with Crippen LogP contribution < -0.4 is 10.6 Å². The number of carbonyl (C=O) groups is 1. The second-order valence-corrected chi connectivity index (χ2v) is 9.18. The number of amides is 1. The molecule has 1 aliphatic carbocycles. The molecule has 0 aromatic heterocycles. The van der Waals surface area contributed by atoms with E-state index in [4.69, 9.17) is 9.73 Å². The van der Waals surface area contributed by atoms with Gasteiger partial charge in [0.15, 0.2) is 5.96 Å². The zero-order valence-electron chi connectivity index (χ0n) is 18.7. The molecule has 2 aliphatic heterocycles. The Morgan fingerprint density at radius 3 is 2.55 bits per heavy atom. The molecule has 29 heavy (non-hydrogen) atoms. The molecule has 166 valence electrons. The zero-order chi connectivity index (χ0) is 20.7. The molecule has 3 rings (SSSR count). The van der Waals surface area contributed by atoms with E-state index in [1.165, 1.54) is 19.3 Å². The Morgan fingerprint density at radius 2 is 1.90 bits per heavy atom. The Balaban J connectivity index is 1.56. The van der Waals surface area contributed by atoms with Crippen molar-refractivity contribution in [3.8, 4) is 0 Å². The molecule has 3 aliphatic rings. The van der Waals surface area contributed by atoms with Gasteiger partial charge in [-0.15, -0.1) is 0 Å². The summed E-state index contributed by atoms with van der Waals surface area (Å²) >= 11 is 0. The van der Waals surface area contributed by atoms with Gasteiger partial charge in [-0.2, -0.15) is 0 Å². The van der Waals surface area contributed by atoms with Gasteiger partial charge in [-0.3, -0.25) is 9.79 Å². The summed E-state index contributed by atoms with van der Waals surface area (Å²) in [5, 5.41) is 6.99. The molecule has 1 saturated carbocycles. The fourth-order valence-corrected chi connectivity index (χ4v) is 4.92. The number of guanidine groups is 1. The maximum Gasteiger partial charge on any atom is 0.225 e. The SMILES string of the molecule is CCNC(=NCC1(N(C)C)CCOCC1)NC1CCN(C(=O)C2CCCCC2)C1. The summed E-state index contributed by atoms with van der Waals surface area (Å²) in [5.74, 6) is 1.51. The summed E-state index contributed by atoms with van der Waals surface area (Å²) in [6, 6.07) is 0.283. The van der Waals surface area contributed by atoms with E-state index in [0.717, 1.165) is 77.5 Å². The van der Waals surface area contributed by atoms with Crippen LogP contribution in [0.2, 0.25) is 0 Å². The normalized spacial score (nSPS) is 26.0. The van der Waals surface area contributed by atoms with Crippen molar-refractivity contribution in [2.24, 2.45) is 10.9 Å². The molecule has 7 nitrogen and oxygen atoms in total. The molecule has 1 amide bonds. The monoisotopic (exact) mass is 407 g/mol. The van der Waals surface area contributed by atoms with Crippen molar-refractivity contribution in [2.45, 2.75) is 69.9 Å². The van der Waals surface area contributed by atoms with E-state index in [0.29, 0.717) is 5.91 Å². The minimum Gasteiger partial charge on any atom is -0.381 e. The molecule has 0 radical (unpaired) electrons. The highest BCUT2D eigenvalue weighted by molar-refractivity contribution is 5.81. The van der Waals surface area contributed by atoms with Crippen LogP contribution in [-0.2, 0) is 9.53 Å². The lowest BCUT2D eigenvalue weighted by atomic mass is 9.88. The number of nitrogens with zero attached hydrogens (tertiary/aromatic N) is 3. The first kappa shape index (κ1) is 22.3. The third-order valence-corrected chi connectivity index (χ3v) is 7.04. The van der Waals surface area contributed by atoms with Gasteiger partial charge in [0.05, 0.1) is 6.54 Å². The van der Waals surface area contributed by atoms with E-state index in [9.17, 15) is 4.79 Å². The second kappa shape index (κ2) is 10.6. The molecular formula is C22H41N5O2. The quantitative estimate of drug-likeness (QED) is 0.519. The van der Waals surface area contributed by atoms with Crippen molar-refractivity contribution in [1.29, 1.82) is 0 Å². The van der Waals surface area contributed by atoms with Gasteiger partial charge in [-0.1, -0.05) is 19.3 Å². The predicted octanol–water partition coefficient (Wildman–Crippen LogP) is 1.83. The standard InChI is InChI=1S/C22H41N5O2/c1-4-23-21(24-17-22(26(2)3)11-14-29-15-12-22)25-19-10-13-27(16-19)20(28)18-8-6-5-7-9-18/h18-19H,4-17H2,1-3H3,(H2,23,24,25). The number of likely N-dealkylation sites (tertiary alicyclic amines) is 1. The van der Waals surface area contributed by atoms with Crippen LogP contribution in [0.3, 0.4) is 0 Å². The van der Waals surface area contributed by atoms with E-state index >= 15 is 0 Å². The number of rotatable bonds is 6. The maximum atomic E-state index is 12.8. The third kappa shape index (κ3) is 5.85. The first-order valence-corrected chi connectivity index (χ1v) is 11.6. The average Bonchev–Trinajstić information content (AvgIpc) is 3.21. The summed E-state index contributed by atoms with van der Waals surface area (Å²) < 4.78 is 5.58. The molecule has 2 heterocycles. The highest BCUT2D eigenvalue weighted by atomic mass is 16.5. The number of hydrogen-bond acceptors (Lipinski definition) is 4. The second-order valence-electron chi connectivity index (χ2n) is 9.18. The van der Waals surface area contributed by atoms with Crippen molar-refractivity contribution < 1.29 is 9.53 Å². The molecule has 2 saturated heterocycles. The van der Waals surface area contributed by atoms with Crippen molar-refractivity contribution in [1.82, 2.24) is 20.4 Å². The van der Waals surface area contributed by atoms with Crippen molar-refractivity contribution in [3.63, 3.8) is 0 Å².